The summed E-state index contributed by atoms with van der Waals surface area (Å²) >= 11 is 6.19. The van der Waals surface area contributed by atoms with Crippen molar-refractivity contribution >= 4 is 35.5 Å². The Morgan fingerprint density at radius 2 is 1.82 bits per heavy atom. The Hall–Kier alpha value is -3.34. The van der Waals surface area contributed by atoms with E-state index in [-0.39, 0.29) is 46.6 Å². The molecule has 1 aromatic rings. The molecule has 3 rings (SSSR count). The number of halogens is 2. The van der Waals surface area contributed by atoms with E-state index in [1.807, 2.05) is 0 Å². The summed E-state index contributed by atoms with van der Waals surface area (Å²) in [6.45, 7) is 9.69. The van der Waals surface area contributed by atoms with Crippen molar-refractivity contribution in [2.75, 3.05) is 11.9 Å². The summed E-state index contributed by atoms with van der Waals surface area (Å²) in [7, 11) is 0. The van der Waals surface area contributed by atoms with Crippen LogP contribution in [0.1, 0.15) is 57.5 Å². The molecular weight excluding hydrogens is 471 g/mol. The second kappa shape index (κ2) is 9.13. The maximum atomic E-state index is 15.4. The van der Waals surface area contributed by atoms with Crippen LogP contribution in [0.2, 0.25) is 5.15 Å². The Morgan fingerprint density at radius 3 is 2.44 bits per heavy atom. The second-order valence-electron chi connectivity index (χ2n) is 9.55. The number of hydrogen-bond donors (Lipinski definition) is 2. The number of carbonyl (C=O) groups excluding carboxylic acids is 3. The predicted molar refractivity (Wildman–Crippen MR) is 120 cm³/mol. The molecule has 0 radical (unpaired) electrons. The monoisotopic (exact) mass is 496 g/mol. The summed E-state index contributed by atoms with van der Waals surface area (Å²) < 4.78 is 31.0. The van der Waals surface area contributed by atoms with Crippen molar-refractivity contribution in [1.29, 1.82) is 0 Å². The molecular formula is C22H26ClFN4O6. The first-order valence-corrected chi connectivity index (χ1v) is 10.7. The lowest BCUT2D eigenvalue weighted by Gasteiger charge is -2.23. The van der Waals surface area contributed by atoms with Crippen LogP contribution in [0.25, 0.3) is 0 Å². The molecule has 3 amide bonds. The molecule has 0 aromatic carbocycles. The van der Waals surface area contributed by atoms with Crippen molar-refractivity contribution < 1.29 is 33.0 Å². The number of anilines is 1. The van der Waals surface area contributed by atoms with Crippen molar-refractivity contribution in [3.05, 3.63) is 45.8 Å². The molecule has 0 bridgehead atoms. The third kappa shape index (κ3) is 5.77. The third-order valence-corrected chi connectivity index (χ3v) is 4.64. The van der Waals surface area contributed by atoms with Gasteiger partial charge < -0.3 is 19.5 Å². The van der Waals surface area contributed by atoms with Crippen LogP contribution in [-0.2, 0) is 20.8 Å². The zero-order chi connectivity index (χ0) is 25.4. The maximum Gasteiger partial charge on any atom is 0.417 e. The number of alkyl carbamates (subject to hydrolysis) is 1. The van der Waals surface area contributed by atoms with E-state index in [1.165, 1.54) is 12.3 Å². The highest BCUT2D eigenvalue weighted by Crippen LogP contribution is 2.34. The summed E-state index contributed by atoms with van der Waals surface area (Å²) in [5.74, 6) is -1.97. The molecule has 1 aromatic heterocycles. The number of amides is 3. The zero-order valence-corrected chi connectivity index (χ0v) is 20.4. The van der Waals surface area contributed by atoms with Crippen LogP contribution in [-0.4, -0.2) is 45.8 Å². The highest BCUT2D eigenvalue weighted by atomic mass is 35.5. The highest BCUT2D eigenvalue weighted by Gasteiger charge is 2.40. The van der Waals surface area contributed by atoms with Gasteiger partial charge in [-0.3, -0.25) is 10.1 Å². The van der Waals surface area contributed by atoms with Crippen LogP contribution in [0, 0.1) is 5.82 Å². The SMILES string of the molecule is CC(C)(C)OC(=O)NC1=C(Nc2nc(Cl)c3c(c2F)CN(C(=O)OC(C)(C)C)C3=O)C=COC1. The summed E-state index contributed by atoms with van der Waals surface area (Å²) in [4.78, 5) is 42.0. The van der Waals surface area contributed by atoms with E-state index in [1.54, 1.807) is 41.5 Å². The van der Waals surface area contributed by atoms with Crippen LogP contribution in [0.4, 0.5) is 19.8 Å². The van der Waals surface area contributed by atoms with Gasteiger partial charge in [-0.2, -0.15) is 0 Å². The van der Waals surface area contributed by atoms with Gasteiger partial charge in [0.25, 0.3) is 5.91 Å². The van der Waals surface area contributed by atoms with Crippen molar-refractivity contribution in [2.45, 2.75) is 59.3 Å². The van der Waals surface area contributed by atoms with Gasteiger partial charge in [-0.15, -0.1) is 0 Å². The highest BCUT2D eigenvalue weighted by molar-refractivity contribution is 6.33. The van der Waals surface area contributed by atoms with E-state index in [4.69, 9.17) is 25.8 Å². The first-order valence-electron chi connectivity index (χ1n) is 10.4. The van der Waals surface area contributed by atoms with Crippen molar-refractivity contribution in [2.24, 2.45) is 0 Å². The zero-order valence-electron chi connectivity index (χ0n) is 19.7. The number of nitrogens with zero attached hydrogens (tertiary/aromatic N) is 2. The molecule has 0 unspecified atom stereocenters. The van der Waals surface area contributed by atoms with Crippen LogP contribution in [0.5, 0.6) is 0 Å². The Morgan fingerprint density at radius 1 is 1.18 bits per heavy atom. The summed E-state index contributed by atoms with van der Waals surface area (Å²) in [5, 5.41) is 5.03. The third-order valence-electron chi connectivity index (χ3n) is 4.37. The van der Waals surface area contributed by atoms with E-state index >= 15 is 4.39 Å². The molecule has 3 heterocycles. The van der Waals surface area contributed by atoms with Gasteiger partial charge in [-0.05, 0) is 47.6 Å². The van der Waals surface area contributed by atoms with Crippen molar-refractivity contribution in [1.82, 2.24) is 15.2 Å². The summed E-state index contributed by atoms with van der Waals surface area (Å²) in [6, 6.07) is 0. The van der Waals surface area contributed by atoms with Gasteiger partial charge in [0.1, 0.15) is 23.0 Å². The topological polar surface area (TPSA) is 119 Å². The average Bonchev–Trinajstić information content (AvgIpc) is 3.03. The first-order chi connectivity index (χ1) is 15.7. The van der Waals surface area contributed by atoms with Gasteiger partial charge >= 0.3 is 12.2 Å². The number of rotatable bonds is 3. The second-order valence-corrected chi connectivity index (χ2v) is 9.91. The molecule has 0 atom stereocenters. The summed E-state index contributed by atoms with van der Waals surface area (Å²) in [5.41, 5.74) is -1.35. The minimum Gasteiger partial charge on any atom is -0.495 e. The van der Waals surface area contributed by atoms with Crippen LogP contribution >= 0.6 is 11.6 Å². The molecule has 0 spiro atoms. The number of hydrogen-bond acceptors (Lipinski definition) is 8. The lowest BCUT2D eigenvalue weighted by molar-refractivity contribution is 0.0247. The molecule has 10 nitrogen and oxygen atoms in total. The molecule has 0 fully saturated rings. The first kappa shape index (κ1) is 25.3. The largest absolute Gasteiger partial charge is 0.495 e. The Kier molecular flexibility index (Phi) is 6.79. The fourth-order valence-corrected chi connectivity index (χ4v) is 3.34. The number of fused-ring (bicyclic) bond motifs is 1. The van der Waals surface area contributed by atoms with E-state index in [9.17, 15) is 14.4 Å². The quantitative estimate of drug-likeness (QED) is 0.589. The molecule has 2 N–H and O–H groups in total. The summed E-state index contributed by atoms with van der Waals surface area (Å²) in [6.07, 6.45) is 1.16. The maximum absolute atomic E-state index is 15.4. The van der Waals surface area contributed by atoms with Gasteiger partial charge in [0.05, 0.1) is 29.8 Å². The molecule has 0 saturated carbocycles. The van der Waals surface area contributed by atoms with E-state index < -0.39 is 35.1 Å². The number of nitrogens with one attached hydrogen (secondary N) is 2. The standard InChI is InChI=1S/C22H26ClFN4O6/c1-21(2,3)33-19(30)26-13-10-32-8-7-12(13)25-17-15(24)11-9-28(20(31)34-22(4,5)6)18(29)14(11)16(23)27-17/h7-8H,9-10H2,1-6H3,(H,25,27)(H,26,30). The molecule has 2 aliphatic rings. The van der Waals surface area contributed by atoms with Crippen LogP contribution < -0.4 is 10.6 Å². The van der Waals surface area contributed by atoms with Crippen molar-refractivity contribution in [3.8, 4) is 0 Å². The van der Waals surface area contributed by atoms with Gasteiger partial charge in [0.15, 0.2) is 11.6 Å². The molecule has 0 saturated heterocycles. The van der Waals surface area contributed by atoms with E-state index in [0.29, 0.717) is 0 Å². The molecule has 0 aliphatic carbocycles. The van der Waals surface area contributed by atoms with Crippen molar-refractivity contribution in [3.63, 3.8) is 0 Å². The van der Waals surface area contributed by atoms with Gasteiger partial charge in [0.2, 0.25) is 0 Å². The molecule has 2 aliphatic heterocycles. The van der Waals surface area contributed by atoms with E-state index in [0.717, 1.165) is 4.90 Å². The Balaban J connectivity index is 1.88. The van der Waals surface area contributed by atoms with Crippen LogP contribution in [0.15, 0.2) is 23.7 Å². The smallest absolute Gasteiger partial charge is 0.417 e. The number of allylic oxidation sites excluding steroid dienone is 1. The predicted octanol–water partition coefficient (Wildman–Crippen LogP) is 4.46. The van der Waals surface area contributed by atoms with Gasteiger partial charge in [-0.1, -0.05) is 11.6 Å². The number of aromatic nitrogens is 1. The number of imide groups is 1. The fourth-order valence-electron chi connectivity index (χ4n) is 3.06. The average molecular weight is 497 g/mol. The Labute approximate surface area is 201 Å². The lowest BCUT2D eigenvalue weighted by atomic mass is 10.1. The normalized spacial score (nSPS) is 15.6. The molecule has 12 heteroatoms. The minimum atomic E-state index is -0.919. The Bertz CT molecular complexity index is 1100. The van der Waals surface area contributed by atoms with Gasteiger partial charge in [-0.25, -0.2) is 23.9 Å². The molecule has 34 heavy (non-hydrogen) atoms. The van der Waals surface area contributed by atoms with Crippen LogP contribution in [0.3, 0.4) is 0 Å². The lowest BCUT2D eigenvalue weighted by Crippen LogP contribution is -2.37. The fraction of sp³-hybridized carbons (Fsp3) is 0.455. The van der Waals surface area contributed by atoms with E-state index in [2.05, 4.69) is 15.6 Å². The molecule has 184 valence electrons. The number of pyridine rings is 1. The number of ether oxygens (including phenoxy) is 3. The number of carbonyl (C=O) groups is 3. The van der Waals surface area contributed by atoms with Gasteiger partial charge in [0, 0.05) is 5.56 Å². The minimum absolute atomic E-state index is 0.0245.